The number of hydrogen-bond donors (Lipinski definition) is 2. The van der Waals surface area contributed by atoms with Crippen molar-refractivity contribution in [2.24, 2.45) is 5.41 Å². The zero-order valence-electron chi connectivity index (χ0n) is 25.0. The molecule has 0 spiro atoms. The van der Waals surface area contributed by atoms with E-state index in [0.717, 1.165) is 18.9 Å². The van der Waals surface area contributed by atoms with Gasteiger partial charge in [-0.05, 0) is 55.8 Å². The van der Waals surface area contributed by atoms with Crippen molar-refractivity contribution in [3.63, 3.8) is 0 Å². The fraction of sp³-hybridized carbons (Fsp3) is 0.469. The number of anilines is 1. The molecule has 244 valence electrons. The molecule has 0 radical (unpaired) electrons. The number of aromatic hydroxyl groups is 1. The summed E-state index contributed by atoms with van der Waals surface area (Å²) in [6.45, 7) is 2.45. The number of ether oxygens (including phenoxy) is 1. The van der Waals surface area contributed by atoms with E-state index in [1.54, 1.807) is 6.92 Å². The van der Waals surface area contributed by atoms with Crippen molar-refractivity contribution in [1.29, 1.82) is 0 Å². The Balaban J connectivity index is 1.29. The molecule has 46 heavy (non-hydrogen) atoms. The van der Waals surface area contributed by atoms with E-state index in [9.17, 15) is 22.7 Å². The van der Waals surface area contributed by atoms with Crippen LogP contribution in [0.15, 0.2) is 30.5 Å². The lowest BCUT2D eigenvalue weighted by Crippen LogP contribution is -2.51. The fourth-order valence-corrected chi connectivity index (χ4v) is 7.08. The van der Waals surface area contributed by atoms with E-state index in [1.807, 2.05) is 0 Å². The third-order valence-corrected chi connectivity index (χ3v) is 9.65. The largest absolute Gasteiger partial charge is 0.508 e. The van der Waals surface area contributed by atoms with E-state index in [1.165, 1.54) is 29.3 Å². The number of nitrogens with zero attached hydrogens (tertiary/aromatic N) is 5. The second-order valence-corrected chi connectivity index (χ2v) is 13.1. The Hall–Kier alpha value is -3.55. The average molecular weight is 663 g/mol. The Labute approximate surface area is 266 Å². The first-order valence-corrected chi connectivity index (χ1v) is 15.7. The molecule has 2 aliphatic heterocycles. The van der Waals surface area contributed by atoms with Crippen molar-refractivity contribution in [2.75, 3.05) is 44.2 Å². The SMILES string of the molecule is CCN(CC(F)(F)F)CC1(COc2nc(N3C[C@H]4CC[C@@H](C3)N4)c3cnc(-c4cc(O)cc5ccc(F)c(Cl)c45)c(F)c3n2)CC1. The zero-order valence-corrected chi connectivity index (χ0v) is 25.7. The first-order chi connectivity index (χ1) is 21.9. The lowest BCUT2D eigenvalue weighted by molar-refractivity contribution is -0.147. The predicted molar refractivity (Wildman–Crippen MR) is 164 cm³/mol. The summed E-state index contributed by atoms with van der Waals surface area (Å²) in [5, 5.41) is 14.7. The van der Waals surface area contributed by atoms with Crippen LogP contribution in [-0.4, -0.2) is 82.5 Å². The highest BCUT2D eigenvalue weighted by molar-refractivity contribution is 6.37. The summed E-state index contributed by atoms with van der Waals surface area (Å²) < 4.78 is 76.6. The third-order valence-electron chi connectivity index (χ3n) is 9.28. The normalized spacial score (nSPS) is 20.7. The van der Waals surface area contributed by atoms with Gasteiger partial charge >= 0.3 is 12.2 Å². The number of benzene rings is 2. The molecular formula is C32H32ClF5N6O2. The minimum absolute atomic E-state index is 0.0742. The van der Waals surface area contributed by atoms with Crippen molar-refractivity contribution in [3.8, 4) is 23.0 Å². The maximum absolute atomic E-state index is 16.6. The van der Waals surface area contributed by atoms with Crippen LogP contribution in [0.2, 0.25) is 5.02 Å². The molecule has 2 aromatic carbocycles. The lowest BCUT2D eigenvalue weighted by Gasteiger charge is -2.34. The summed E-state index contributed by atoms with van der Waals surface area (Å²) in [6, 6.07) is 5.66. The lowest BCUT2D eigenvalue weighted by atomic mass is 10.00. The molecule has 2 saturated heterocycles. The molecule has 1 aliphatic carbocycles. The molecule has 1 saturated carbocycles. The number of halogens is 6. The zero-order chi connectivity index (χ0) is 32.4. The second-order valence-electron chi connectivity index (χ2n) is 12.7. The molecule has 8 nitrogen and oxygen atoms in total. The highest BCUT2D eigenvalue weighted by Gasteiger charge is 2.46. The minimum atomic E-state index is -4.31. The van der Waals surface area contributed by atoms with E-state index >= 15 is 4.39 Å². The topological polar surface area (TPSA) is 86.6 Å². The van der Waals surface area contributed by atoms with Crippen LogP contribution in [0.3, 0.4) is 0 Å². The van der Waals surface area contributed by atoms with Gasteiger partial charge in [0.1, 0.15) is 28.6 Å². The van der Waals surface area contributed by atoms with Gasteiger partial charge in [0, 0.05) is 54.3 Å². The molecule has 4 aromatic rings. The van der Waals surface area contributed by atoms with Crippen molar-refractivity contribution < 1.29 is 31.8 Å². The third kappa shape index (κ3) is 6.00. The van der Waals surface area contributed by atoms with Crippen LogP contribution in [-0.2, 0) is 0 Å². The number of nitrogens with one attached hydrogen (secondary N) is 1. The Morgan fingerprint density at radius 3 is 2.54 bits per heavy atom. The van der Waals surface area contributed by atoms with Crippen LogP contribution >= 0.6 is 11.6 Å². The van der Waals surface area contributed by atoms with Gasteiger partial charge in [-0.25, -0.2) is 8.78 Å². The number of piperazine rings is 1. The van der Waals surface area contributed by atoms with Crippen molar-refractivity contribution in [3.05, 3.63) is 47.1 Å². The number of phenolic OH excluding ortho intramolecular Hbond substituents is 1. The van der Waals surface area contributed by atoms with Crippen molar-refractivity contribution in [1.82, 2.24) is 25.2 Å². The molecule has 3 aliphatic rings. The number of hydrogen-bond acceptors (Lipinski definition) is 8. The summed E-state index contributed by atoms with van der Waals surface area (Å²) in [6.07, 6.45) is 0.520. The molecule has 14 heteroatoms. The first kappa shape index (κ1) is 31.1. The molecule has 0 unspecified atom stereocenters. The molecule has 3 fully saturated rings. The maximum atomic E-state index is 16.6. The smallest absolute Gasteiger partial charge is 0.401 e. The van der Waals surface area contributed by atoms with E-state index in [4.69, 9.17) is 21.3 Å². The van der Waals surface area contributed by atoms with Crippen LogP contribution < -0.4 is 15.0 Å². The average Bonchev–Trinajstić information content (AvgIpc) is 3.70. The standard InChI is InChI=1S/C32H32ClF5N6O2/c1-2-43(15-32(36,37)38)14-31(7-8-31)16-46-30-41-28-22(29(42-30)44-12-18-4-5-19(13-44)40-18)11-39-27(26(28)35)21-10-20(45)9-17-3-6-23(34)25(33)24(17)21/h3,6,9-11,18-19,40,45H,2,4-5,7-8,12-16H2,1H3/t18-,19+. The fourth-order valence-electron chi connectivity index (χ4n) is 6.80. The molecule has 4 heterocycles. The van der Waals surface area contributed by atoms with E-state index in [2.05, 4.69) is 20.2 Å². The number of pyridine rings is 1. The number of rotatable bonds is 9. The Morgan fingerprint density at radius 2 is 1.87 bits per heavy atom. The number of phenols is 1. The number of alkyl halides is 3. The molecule has 2 atom stereocenters. The van der Waals surface area contributed by atoms with E-state index in [-0.39, 0.29) is 70.7 Å². The van der Waals surface area contributed by atoms with Gasteiger partial charge in [0.25, 0.3) is 0 Å². The number of fused-ring (bicyclic) bond motifs is 4. The molecular weight excluding hydrogens is 631 g/mol. The Bertz CT molecular complexity index is 1810. The summed E-state index contributed by atoms with van der Waals surface area (Å²) in [7, 11) is 0. The monoisotopic (exact) mass is 662 g/mol. The van der Waals surface area contributed by atoms with Gasteiger partial charge in [0.2, 0.25) is 0 Å². The summed E-state index contributed by atoms with van der Waals surface area (Å²) in [5.74, 6) is -1.28. The minimum Gasteiger partial charge on any atom is -0.508 e. The molecule has 2 aromatic heterocycles. The first-order valence-electron chi connectivity index (χ1n) is 15.3. The summed E-state index contributed by atoms with van der Waals surface area (Å²) in [4.78, 5) is 17.0. The predicted octanol–water partition coefficient (Wildman–Crippen LogP) is 6.47. The Morgan fingerprint density at radius 1 is 1.13 bits per heavy atom. The van der Waals surface area contributed by atoms with Gasteiger partial charge in [-0.2, -0.15) is 23.1 Å². The van der Waals surface area contributed by atoms with E-state index in [0.29, 0.717) is 42.5 Å². The van der Waals surface area contributed by atoms with Gasteiger partial charge in [-0.3, -0.25) is 9.88 Å². The van der Waals surface area contributed by atoms with Gasteiger partial charge < -0.3 is 20.1 Å². The van der Waals surface area contributed by atoms with Gasteiger partial charge in [-0.15, -0.1) is 0 Å². The van der Waals surface area contributed by atoms with Gasteiger partial charge in [0.05, 0.1) is 23.6 Å². The van der Waals surface area contributed by atoms with Gasteiger partial charge in [0.15, 0.2) is 5.82 Å². The summed E-state index contributed by atoms with van der Waals surface area (Å²) >= 11 is 6.33. The highest BCUT2D eigenvalue weighted by atomic mass is 35.5. The van der Waals surface area contributed by atoms with Crippen LogP contribution in [0.4, 0.5) is 27.8 Å². The molecule has 2 N–H and O–H groups in total. The summed E-state index contributed by atoms with van der Waals surface area (Å²) in [5.41, 5.74) is -0.682. The van der Waals surface area contributed by atoms with Crippen LogP contribution in [0, 0.1) is 17.0 Å². The second kappa shape index (κ2) is 11.6. The molecule has 7 rings (SSSR count). The number of aromatic nitrogens is 3. The van der Waals surface area contributed by atoms with Crippen LogP contribution in [0.25, 0.3) is 32.9 Å². The maximum Gasteiger partial charge on any atom is 0.401 e. The van der Waals surface area contributed by atoms with Crippen LogP contribution in [0.1, 0.15) is 32.6 Å². The Kier molecular flexibility index (Phi) is 7.84. The van der Waals surface area contributed by atoms with E-state index < -0.39 is 29.8 Å². The van der Waals surface area contributed by atoms with Crippen molar-refractivity contribution >= 4 is 39.1 Å². The quantitative estimate of drug-likeness (QED) is 0.198. The molecule has 0 amide bonds. The van der Waals surface area contributed by atoms with Gasteiger partial charge in [-0.1, -0.05) is 24.6 Å². The molecule has 2 bridgehead atoms. The highest BCUT2D eigenvalue weighted by Crippen LogP contribution is 2.47. The van der Waals surface area contributed by atoms with Crippen molar-refractivity contribution in [2.45, 2.75) is 50.9 Å². The van der Waals surface area contributed by atoms with Crippen LogP contribution in [0.5, 0.6) is 11.8 Å².